The number of nitrogens with one attached hydrogen (secondary N) is 1. The highest BCUT2D eigenvalue weighted by molar-refractivity contribution is 5.29. The van der Waals surface area contributed by atoms with E-state index in [1.54, 1.807) is 0 Å². The Labute approximate surface area is 110 Å². The molecule has 0 aromatic heterocycles. The lowest BCUT2D eigenvalue weighted by molar-refractivity contribution is 0.0807. The maximum absolute atomic E-state index is 9.99. The number of hydrogen-bond donors (Lipinski definition) is 2. The molecule has 2 heteroatoms. The van der Waals surface area contributed by atoms with Crippen molar-refractivity contribution in [3.63, 3.8) is 0 Å². The Balaban J connectivity index is 2.06. The minimum Gasteiger partial charge on any atom is -0.390 e. The SMILES string of the molecule is CC(C)(O)Cc1ccccc1CC1CCCCN1. The summed E-state index contributed by atoms with van der Waals surface area (Å²) in [5.74, 6) is 0. The third-order valence-corrected chi connectivity index (χ3v) is 3.62. The molecule has 0 spiro atoms. The Hall–Kier alpha value is -0.860. The molecule has 0 aliphatic carbocycles. The Morgan fingerprint density at radius 2 is 1.94 bits per heavy atom. The first-order valence-electron chi connectivity index (χ1n) is 7.07. The highest BCUT2D eigenvalue weighted by Gasteiger charge is 2.18. The topological polar surface area (TPSA) is 32.3 Å². The van der Waals surface area contributed by atoms with Crippen molar-refractivity contribution in [3.8, 4) is 0 Å². The molecular weight excluding hydrogens is 222 g/mol. The van der Waals surface area contributed by atoms with Crippen molar-refractivity contribution >= 4 is 0 Å². The molecule has 1 aliphatic heterocycles. The minimum atomic E-state index is -0.629. The van der Waals surface area contributed by atoms with Gasteiger partial charge >= 0.3 is 0 Å². The van der Waals surface area contributed by atoms with Crippen LogP contribution in [0, 0.1) is 0 Å². The van der Waals surface area contributed by atoms with Gasteiger partial charge in [-0.05, 0) is 50.8 Å². The van der Waals surface area contributed by atoms with Gasteiger partial charge in [-0.2, -0.15) is 0 Å². The van der Waals surface area contributed by atoms with E-state index < -0.39 is 5.60 Å². The van der Waals surface area contributed by atoms with Gasteiger partial charge in [-0.3, -0.25) is 0 Å². The zero-order valence-corrected chi connectivity index (χ0v) is 11.6. The number of aliphatic hydroxyl groups is 1. The molecule has 1 atom stereocenters. The quantitative estimate of drug-likeness (QED) is 0.857. The predicted octanol–water partition coefficient (Wildman–Crippen LogP) is 2.68. The predicted molar refractivity (Wildman–Crippen MR) is 75.8 cm³/mol. The van der Waals surface area contributed by atoms with Gasteiger partial charge in [-0.25, -0.2) is 0 Å². The van der Waals surface area contributed by atoms with E-state index in [0.29, 0.717) is 6.04 Å². The fourth-order valence-electron chi connectivity index (χ4n) is 2.76. The Kier molecular flexibility index (Phi) is 4.41. The molecule has 1 saturated heterocycles. The monoisotopic (exact) mass is 247 g/mol. The van der Waals surface area contributed by atoms with E-state index in [1.807, 2.05) is 13.8 Å². The van der Waals surface area contributed by atoms with Crippen molar-refractivity contribution in [1.29, 1.82) is 0 Å². The molecule has 0 bridgehead atoms. The van der Waals surface area contributed by atoms with Crippen LogP contribution in [0.2, 0.25) is 0 Å². The van der Waals surface area contributed by atoms with Gasteiger partial charge in [0.05, 0.1) is 5.60 Å². The molecule has 1 aromatic rings. The average Bonchev–Trinajstić information content (AvgIpc) is 2.31. The maximum atomic E-state index is 9.99. The standard InChI is InChI=1S/C16H25NO/c1-16(2,18)12-14-8-4-3-7-13(14)11-15-9-5-6-10-17-15/h3-4,7-8,15,17-18H,5-6,9-12H2,1-2H3. The molecule has 18 heavy (non-hydrogen) atoms. The van der Waals surface area contributed by atoms with Crippen molar-refractivity contribution in [2.24, 2.45) is 0 Å². The fraction of sp³-hybridized carbons (Fsp3) is 0.625. The van der Waals surface area contributed by atoms with E-state index in [-0.39, 0.29) is 0 Å². The summed E-state index contributed by atoms with van der Waals surface area (Å²) >= 11 is 0. The van der Waals surface area contributed by atoms with Crippen LogP contribution in [0.25, 0.3) is 0 Å². The highest BCUT2D eigenvalue weighted by Crippen LogP contribution is 2.20. The van der Waals surface area contributed by atoms with Crippen LogP contribution in [-0.4, -0.2) is 23.3 Å². The van der Waals surface area contributed by atoms with Gasteiger partial charge in [-0.1, -0.05) is 30.7 Å². The first-order valence-corrected chi connectivity index (χ1v) is 7.07. The van der Waals surface area contributed by atoms with Gasteiger partial charge in [0.2, 0.25) is 0 Å². The van der Waals surface area contributed by atoms with E-state index in [1.165, 1.54) is 30.4 Å². The van der Waals surface area contributed by atoms with E-state index in [9.17, 15) is 5.11 Å². The average molecular weight is 247 g/mol. The van der Waals surface area contributed by atoms with Gasteiger partial charge in [0.15, 0.2) is 0 Å². The molecule has 1 heterocycles. The summed E-state index contributed by atoms with van der Waals surface area (Å²) in [6.07, 6.45) is 5.74. The van der Waals surface area contributed by atoms with Gasteiger partial charge in [0.1, 0.15) is 0 Å². The number of piperidine rings is 1. The van der Waals surface area contributed by atoms with Crippen LogP contribution in [0.5, 0.6) is 0 Å². The zero-order chi connectivity index (χ0) is 13.0. The summed E-state index contributed by atoms with van der Waals surface area (Å²) in [6.45, 7) is 4.91. The summed E-state index contributed by atoms with van der Waals surface area (Å²) < 4.78 is 0. The normalized spacial score (nSPS) is 20.9. The molecule has 1 aliphatic rings. The summed E-state index contributed by atoms with van der Waals surface area (Å²) in [7, 11) is 0. The van der Waals surface area contributed by atoms with Crippen LogP contribution < -0.4 is 5.32 Å². The molecule has 1 unspecified atom stereocenters. The minimum absolute atomic E-state index is 0.613. The maximum Gasteiger partial charge on any atom is 0.0632 e. The molecule has 0 amide bonds. The van der Waals surface area contributed by atoms with Gasteiger partial charge in [0, 0.05) is 12.5 Å². The van der Waals surface area contributed by atoms with E-state index in [0.717, 1.165) is 19.4 Å². The smallest absolute Gasteiger partial charge is 0.0632 e. The Morgan fingerprint density at radius 3 is 2.56 bits per heavy atom. The highest BCUT2D eigenvalue weighted by atomic mass is 16.3. The van der Waals surface area contributed by atoms with Crippen molar-refractivity contribution in [2.45, 2.75) is 57.6 Å². The fourth-order valence-corrected chi connectivity index (χ4v) is 2.76. The van der Waals surface area contributed by atoms with Crippen LogP contribution in [0.4, 0.5) is 0 Å². The van der Waals surface area contributed by atoms with Crippen LogP contribution in [0.15, 0.2) is 24.3 Å². The second kappa shape index (κ2) is 5.85. The zero-order valence-electron chi connectivity index (χ0n) is 11.6. The lowest BCUT2D eigenvalue weighted by Gasteiger charge is -2.25. The first-order chi connectivity index (χ1) is 8.54. The van der Waals surface area contributed by atoms with Crippen molar-refractivity contribution in [1.82, 2.24) is 5.32 Å². The third-order valence-electron chi connectivity index (χ3n) is 3.62. The van der Waals surface area contributed by atoms with Gasteiger partial charge in [0.25, 0.3) is 0 Å². The summed E-state index contributed by atoms with van der Waals surface area (Å²) in [5.41, 5.74) is 2.05. The van der Waals surface area contributed by atoms with E-state index >= 15 is 0 Å². The van der Waals surface area contributed by atoms with Crippen molar-refractivity contribution in [3.05, 3.63) is 35.4 Å². The Bertz CT molecular complexity index is 375. The number of hydrogen-bond acceptors (Lipinski definition) is 2. The lowest BCUT2D eigenvalue weighted by Crippen LogP contribution is -2.36. The lowest BCUT2D eigenvalue weighted by atomic mass is 9.90. The molecule has 0 radical (unpaired) electrons. The third kappa shape index (κ3) is 4.11. The Morgan fingerprint density at radius 1 is 1.22 bits per heavy atom. The molecule has 1 aromatic carbocycles. The molecule has 2 rings (SSSR count). The summed E-state index contributed by atoms with van der Waals surface area (Å²) in [4.78, 5) is 0. The number of benzene rings is 1. The van der Waals surface area contributed by atoms with Crippen LogP contribution in [0.1, 0.15) is 44.2 Å². The molecule has 100 valence electrons. The molecule has 1 fully saturated rings. The van der Waals surface area contributed by atoms with Crippen LogP contribution in [0.3, 0.4) is 0 Å². The number of rotatable bonds is 4. The van der Waals surface area contributed by atoms with Gasteiger partial charge in [-0.15, -0.1) is 0 Å². The van der Waals surface area contributed by atoms with E-state index in [4.69, 9.17) is 0 Å². The van der Waals surface area contributed by atoms with Crippen molar-refractivity contribution < 1.29 is 5.11 Å². The molecule has 0 saturated carbocycles. The van der Waals surface area contributed by atoms with Crippen LogP contribution in [-0.2, 0) is 12.8 Å². The molecule has 2 N–H and O–H groups in total. The second-order valence-corrected chi connectivity index (χ2v) is 6.11. The largest absolute Gasteiger partial charge is 0.390 e. The first kappa shape index (κ1) is 13.6. The molecular formula is C16H25NO. The van der Waals surface area contributed by atoms with Crippen molar-refractivity contribution in [2.75, 3.05) is 6.54 Å². The summed E-state index contributed by atoms with van der Waals surface area (Å²) in [6, 6.07) is 9.14. The van der Waals surface area contributed by atoms with Gasteiger partial charge < -0.3 is 10.4 Å². The molecule has 2 nitrogen and oxygen atoms in total. The van der Waals surface area contributed by atoms with Crippen LogP contribution >= 0.6 is 0 Å². The second-order valence-electron chi connectivity index (χ2n) is 6.11. The summed E-state index contributed by atoms with van der Waals surface area (Å²) in [5, 5.41) is 13.6. The van der Waals surface area contributed by atoms with E-state index in [2.05, 4.69) is 29.6 Å².